The molecule has 0 aromatic heterocycles. The Balaban J connectivity index is 1.70. The second-order valence-electron chi connectivity index (χ2n) is 8.24. The molecule has 33 heavy (non-hydrogen) atoms. The summed E-state index contributed by atoms with van der Waals surface area (Å²) in [6.07, 6.45) is 0.956. The minimum Gasteiger partial charge on any atom is -0.355 e. The van der Waals surface area contributed by atoms with Crippen molar-refractivity contribution >= 4 is 23.6 Å². The summed E-state index contributed by atoms with van der Waals surface area (Å²) in [5.41, 5.74) is 2.83. The van der Waals surface area contributed by atoms with Gasteiger partial charge in [0, 0.05) is 26.1 Å². The number of benzene rings is 2. The molecule has 174 valence electrons. The highest BCUT2D eigenvalue weighted by atomic mass is 16.2. The number of nitrogens with zero attached hydrogens (tertiary/aromatic N) is 2. The first kappa shape index (κ1) is 24.2. The van der Waals surface area contributed by atoms with E-state index < -0.39 is 6.04 Å². The lowest BCUT2D eigenvalue weighted by Crippen LogP contribution is -2.49. The fourth-order valence-corrected chi connectivity index (χ4v) is 4.19. The van der Waals surface area contributed by atoms with E-state index >= 15 is 0 Å². The van der Waals surface area contributed by atoms with Gasteiger partial charge in [0.05, 0.1) is 11.1 Å². The molecule has 1 aliphatic rings. The number of likely N-dealkylation sites (N-methyl/N-ethyl adjacent to an activating group) is 1. The molecule has 0 fully saturated rings. The predicted molar refractivity (Wildman–Crippen MR) is 126 cm³/mol. The fourth-order valence-electron chi connectivity index (χ4n) is 4.19. The summed E-state index contributed by atoms with van der Waals surface area (Å²) in [7, 11) is 0. The molecule has 0 saturated carbocycles. The molecule has 7 heteroatoms. The first-order chi connectivity index (χ1) is 15.9. The van der Waals surface area contributed by atoms with E-state index in [0.29, 0.717) is 37.1 Å². The van der Waals surface area contributed by atoms with Gasteiger partial charge in [0.2, 0.25) is 11.8 Å². The summed E-state index contributed by atoms with van der Waals surface area (Å²) < 4.78 is 0. The van der Waals surface area contributed by atoms with Crippen molar-refractivity contribution in [2.45, 2.75) is 52.6 Å². The van der Waals surface area contributed by atoms with E-state index in [4.69, 9.17) is 0 Å². The van der Waals surface area contributed by atoms with Gasteiger partial charge < -0.3 is 10.2 Å². The Kier molecular flexibility index (Phi) is 7.98. The van der Waals surface area contributed by atoms with Crippen LogP contribution >= 0.6 is 0 Å². The average molecular weight is 450 g/mol. The summed E-state index contributed by atoms with van der Waals surface area (Å²) in [6, 6.07) is 14.0. The van der Waals surface area contributed by atoms with E-state index in [2.05, 4.69) is 5.32 Å². The third-order valence-corrected chi connectivity index (χ3v) is 5.82. The number of hydrogen-bond donors (Lipinski definition) is 1. The fraction of sp³-hybridized carbons (Fsp3) is 0.385. The molecule has 2 aromatic rings. The van der Waals surface area contributed by atoms with Crippen LogP contribution in [0.15, 0.2) is 48.5 Å². The number of imide groups is 1. The van der Waals surface area contributed by atoms with Crippen molar-refractivity contribution in [3.8, 4) is 0 Å². The van der Waals surface area contributed by atoms with Crippen LogP contribution in [0.25, 0.3) is 0 Å². The van der Waals surface area contributed by atoms with Crippen molar-refractivity contribution in [1.82, 2.24) is 15.1 Å². The van der Waals surface area contributed by atoms with Crippen molar-refractivity contribution in [1.29, 1.82) is 0 Å². The van der Waals surface area contributed by atoms with E-state index in [1.54, 1.807) is 29.2 Å². The van der Waals surface area contributed by atoms with Crippen molar-refractivity contribution in [3.05, 3.63) is 70.8 Å². The molecule has 1 heterocycles. The maximum Gasteiger partial charge on any atom is 0.261 e. The van der Waals surface area contributed by atoms with Crippen molar-refractivity contribution in [2.24, 2.45) is 0 Å². The Bertz CT molecular complexity index is 1010. The van der Waals surface area contributed by atoms with Crippen molar-refractivity contribution < 1.29 is 19.2 Å². The van der Waals surface area contributed by atoms with Crippen LogP contribution in [0.5, 0.6) is 0 Å². The molecular formula is C26H31N3O4. The van der Waals surface area contributed by atoms with Gasteiger partial charge in [-0.05, 0) is 44.4 Å². The third kappa shape index (κ3) is 5.48. The van der Waals surface area contributed by atoms with Crippen LogP contribution in [0.3, 0.4) is 0 Å². The van der Waals surface area contributed by atoms with Gasteiger partial charge in [-0.25, -0.2) is 0 Å². The third-order valence-electron chi connectivity index (χ3n) is 5.82. The first-order valence-electron chi connectivity index (χ1n) is 11.4. The molecule has 0 spiro atoms. The van der Waals surface area contributed by atoms with Crippen LogP contribution in [0.2, 0.25) is 0 Å². The Labute approximate surface area is 194 Å². The maximum atomic E-state index is 13.3. The van der Waals surface area contributed by atoms with E-state index in [-0.39, 0.29) is 36.6 Å². The zero-order valence-electron chi connectivity index (χ0n) is 19.5. The average Bonchev–Trinajstić information content (AvgIpc) is 3.04. The van der Waals surface area contributed by atoms with Gasteiger partial charge in [0.1, 0.15) is 6.04 Å². The maximum absolute atomic E-state index is 13.3. The standard InChI is InChI=1S/C26H31N3O4/c1-4-22(24(31)27-5-2)29(17-19-11-8-10-18(3)16-19)23(30)14-9-15-28-25(32)20-12-6-7-13-21(20)26(28)33/h6-8,10-13,16,22H,4-5,9,14-15,17H2,1-3H3,(H,27,31)/t22-/m1/s1. The van der Waals surface area contributed by atoms with Crippen LogP contribution in [0.4, 0.5) is 0 Å². The van der Waals surface area contributed by atoms with Crippen molar-refractivity contribution in [3.63, 3.8) is 0 Å². The number of amides is 4. The lowest BCUT2D eigenvalue weighted by molar-refractivity contribution is -0.141. The molecule has 1 aliphatic heterocycles. The molecule has 0 aliphatic carbocycles. The van der Waals surface area contributed by atoms with Crippen LogP contribution in [0.1, 0.15) is 65.0 Å². The van der Waals surface area contributed by atoms with E-state index in [9.17, 15) is 19.2 Å². The van der Waals surface area contributed by atoms with Crippen LogP contribution in [-0.4, -0.2) is 52.6 Å². The molecule has 3 rings (SSSR count). The number of carbonyl (C=O) groups excluding carboxylic acids is 4. The Morgan fingerprint density at radius 2 is 1.67 bits per heavy atom. The second kappa shape index (κ2) is 10.9. The summed E-state index contributed by atoms with van der Waals surface area (Å²) >= 11 is 0. The number of aryl methyl sites for hydroxylation is 1. The zero-order valence-corrected chi connectivity index (χ0v) is 19.5. The van der Waals surface area contributed by atoms with Crippen LogP contribution in [0, 0.1) is 6.92 Å². The monoisotopic (exact) mass is 449 g/mol. The SMILES string of the molecule is CCNC(=O)[C@@H](CC)N(Cc1cccc(C)c1)C(=O)CCCN1C(=O)c2ccccc2C1=O. The second-order valence-corrected chi connectivity index (χ2v) is 8.24. The number of fused-ring (bicyclic) bond motifs is 1. The van der Waals surface area contributed by atoms with E-state index in [0.717, 1.165) is 11.1 Å². The summed E-state index contributed by atoms with van der Waals surface area (Å²) in [4.78, 5) is 53.9. The summed E-state index contributed by atoms with van der Waals surface area (Å²) in [5.74, 6) is -1.01. The molecule has 7 nitrogen and oxygen atoms in total. The van der Waals surface area contributed by atoms with Gasteiger partial charge in [-0.2, -0.15) is 0 Å². The molecule has 0 unspecified atom stereocenters. The first-order valence-corrected chi connectivity index (χ1v) is 11.4. The van der Waals surface area contributed by atoms with Gasteiger partial charge in [-0.1, -0.05) is 48.9 Å². The summed E-state index contributed by atoms with van der Waals surface area (Å²) in [5, 5.41) is 2.82. The zero-order chi connectivity index (χ0) is 24.0. The molecule has 0 radical (unpaired) electrons. The minimum absolute atomic E-state index is 0.134. The highest BCUT2D eigenvalue weighted by Crippen LogP contribution is 2.23. The Morgan fingerprint density at radius 1 is 1.00 bits per heavy atom. The highest BCUT2D eigenvalue weighted by molar-refractivity contribution is 6.21. The highest BCUT2D eigenvalue weighted by Gasteiger charge is 2.35. The summed E-state index contributed by atoms with van der Waals surface area (Å²) in [6.45, 7) is 6.69. The smallest absolute Gasteiger partial charge is 0.261 e. The van der Waals surface area contributed by atoms with Gasteiger partial charge >= 0.3 is 0 Å². The van der Waals surface area contributed by atoms with Gasteiger partial charge in [-0.3, -0.25) is 24.1 Å². The van der Waals surface area contributed by atoms with E-state index in [1.807, 2.05) is 45.0 Å². The lowest BCUT2D eigenvalue weighted by atomic mass is 10.1. The predicted octanol–water partition coefficient (Wildman–Crippen LogP) is 3.31. The van der Waals surface area contributed by atoms with Crippen molar-refractivity contribution in [2.75, 3.05) is 13.1 Å². The molecular weight excluding hydrogens is 418 g/mol. The molecule has 1 atom stereocenters. The van der Waals surface area contributed by atoms with Crippen LogP contribution < -0.4 is 5.32 Å². The van der Waals surface area contributed by atoms with E-state index in [1.165, 1.54) is 4.90 Å². The molecule has 4 amide bonds. The normalized spacial score (nSPS) is 13.6. The number of nitrogens with one attached hydrogen (secondary N) is 1. The minimum atomic E-state index is -0.586. The Hall–Kier alpha value is -3.48. The van der Waals surface area contributed by atoms with Crippen LogP contribution in [-0.2, 0) is 16.1 Å². The van der Waals surface area contributed by atoms with Gasteiger partial charge in [0.15, 0.2) is 0 Å². The number of hydrogen-bond acceptors (Lipinski definition) is 4. The Morgan fingerprint density at radius 3 is 2.24 bits per heavy atom. The van der Waals surface area contributed by atoms with Gasteiger partial charge in [0.25, 0.3) is 11.8 Å². The van der Waals surface area contributed by atoms with Gasteiger partial charge in [-0.15, -0.1) is 0 Å². The number of rotatable bonds is 10. The topological polar surface area (TPSA) is 86.8 Å². The molecule has 0 saturated heterocycles. The number of carbonyl (C=O) groups is 4. The lowest BCUT2D eigenvalue weighted by Gasteiger charge is -2.31. The molecule has 0 bridgehead atoms. The quantitative estimate of drug-likeness (QED) is 0.564. The molecule has 2 aromatic carbocycles. The molecule has 1 N–H and O–H groups in total. The largest absolute Gasteiger partial charge is 0.355 e.